The van der Waals surface area contributed by atoms with E-state index in [0.29, 0.717) is 26.1 Å². The second-order valence-corrected chi connectivity index (χ2v) is 7.66. The van der Waals surface area contributed by atoms with Gasteiger partial charge < -0.3 is 20.4 Å². The third-order valence-corrected chi connectivity index (χ3v) is 6.29. The minimum atomic E-state index is -0.836. The summed E-state index contributed by atoms with van der Waals surface area (Å²) in [7, 11) is 0. The lowest BCUT2D eigenvalue weighted by Gasteiger charge is -2.42. The van der Waals surface area contributed by atoms with Crippen molar-refractivity contribution in [3.8, 4) is 0 Å². The highest BCUT2D eigenvalue weighted by Crippen LogP contribution is 2.48. The molecule has 1 aliphatic heterocycles. The smallest absolute Gasteiger partial charge is 0.317 e. The molecule has 2 saturated carbocycles. The largest absolute Gasteiger partial charge is 0.481 e. The van der Waals surface area contributed by atoms with E-state index in [1.807, 2.05) is 11.8 Å². The molecule has 8 nitrogen and oxygen atoms in total. The number of urea groups is 1. The topological polar surface area (TPSA) is 110 Å². The quantitative estimate of drug-likeness (QED) is 0.652. The van der Waals surface area contributed by atoms with E-state index in [9.17, 15) is 19.5 Å². The Hall–Kier alpha value is -1.83. The summed E-state index contributed by atoms with van der Waals surface area (Å²) in [5.41, 5.74) is -0.750. The van der Waals surface area contributed by atoms with Gasteiger partial charge in [0.25, 0.3) is 0 Å². The van der Waals surface area contributed by atoms with Crippen LogP contribution in [0.15, 0.2) is 0 Å². The number of aliphatic carboxylic acids is 2. The molecule has 3 N–H and O–H groups in total. The number of fused-ring (bicyclic) bond motifs is 1. The highest BCUT2D eigenvalue weighted by Gasteiger charge is 2.56. The van der Waals surface area contributed by atoms with E-state index in [1.54, 1.807) is 4.90 Å². The monoisotopic (exact) mass is 353 g/mol. The summed E-state index contributed by atoms with van der Waals surface area (Å²) in [4.78, 5) is 38.6. The third kappa shape index (κ3) is 3.31. The van der Waals surface area contributed by atoms with Crippen LogP contribution in [0.3, 0.4) is 0 Å². The van der Waals surface area contributed by atoms with Crippen molar-refractivity contribution >= 4 is 18.0 Å². The van der Waals surface area contributed by atoms with Gasteiger partial charge in [-0.15, -0.1) is 0 Å². The van der Waals surface area contributed by atoms with Gasteiger partial charge in [-0.1, -0.05) is 13.3 Å². The van der Waals surface area contributed by atoms with Gasteiger partial charge in [0.05, 0.1) is 12.0 Å². The molecule has 25 heavy (non-hydrogen) atoms. The number of amides is 2. The molecular weight excluding hydrogens is 326 g/mol. The Morgan fingerprint density at radius 1 is 1.28 bits per heavy atom. The van der Waals surface area contributed by atoms with Crippen molar-refractivity contribution in [2.24, 2.45) is 11.3 Å². The summed E-state index contributed by atoms with van der Waals surface area (Å²) < 4.78 is 0. The Kier molecular flexibility index (Phi) is 4.90. The van der Waals surface area contributed by atoms with Gasteiger partial charge >= 0.3 is 18.0 Å². The first kappa shape index (κ1) is 18.0. The molecule has 0 spiro atoms. The maximum atomic E-state index is 12.5. The van der Waals surface area contributed by atoms with E-state index in [2.05, 4.69) is 5.32 Å². The number of nitrogens with one attached hydrogen (secondary N) is 1. The molecule has 140 valence electrons. The van der Waals surface area contributed by atoms with Crippen LogP contribution in [0.5, 0.6) is 0 Å². The van der Waals surface area contributed by atoms with Crippen molar-refractivity contribution in [2.75, 3.05) is 26.2 Å². The van der Waals surface area contributed by atoms with Crippen LogP contribution in [0.1, 0.15) is 39.0 Å². The Labute approximate surface area is 147 Å². The van der Waals surface area contributed by atoms with Crippen molar-refractivity contribution < 1.29 is 24.6 Å². The zero-order chi connectivity index (χ0) is 18.2. The number of hydrogen-bond donors (Lipinski definition) is 3. The number of likely N-dealkylation sites (tertiary alicyclic amines) is 1. The van der Waals surface area contributed by atoms with Gasteiger partial charge in [-0.3, -0.25) is 14.5 Å². The van der Waals surface area contributed by atoms with Gasteiger partial charge in [-0.25, -0.2) is 4.79 Å². The van der Waals surface area contributed by atoms with Crippen molar-refractivity contribution in [3.05, 3.63) is 0 Å². The molecule has 0 bridgehead atoms. The van der Waals surface area contributed by atoms with Crippen LogP contribution in [0.25, 0.3) is 0 Å². The van der Waals surface area contributed by atoms with Crippen LogP contribution in [0.2, 0.25) is 0 Å². The number of rotatable bonds is 6. The lowest BCUT2D eigenvalue weighted by molar-refractivity contribution is -0.149. The highest BCUT2D eigenvalue weighted by molar-refractivity contribution is 5.80. The molecule has 0 aromatic carbocycles. The van der Waals surface area contributed by atoms with Gasteiger partial charge in [0, 0.05) is 25.2 Å². The van der Waals surface area contributed by atoms with Crippen molar-refractivity contribution in [1.29, 1.82) is 0 Å². The lowest BCUT2D eigenvalue weighted by Crippen LogP contribution is -2.56. The summed E-state index contributed by atoms with van der Waals surface area (Å²) in [6.45, 7) is 3.45. The van der Waals surface area contributed by atoms with E-state index in [0.717, 1.165) is 25.7 Å². The molecule has 3 aliphatic rings. The zero-order valence-electron chi connectivity index (χ0n) is 14.6. The summed E-state index contributed by atoms with van der Waals surface area (Å²) in [6, 6.07) is 0.0519. The van der Waals surface area contributed by atoms with Crippen molar-refractivity contribution in [1.82, 2.24) is 15.1 Å². The molecule has 2 aliphatic carbocycles. The van der Waals surface area contributed by atoms with Crippen molar-refractivity contribution in [3.63, 3.8) is 0 Å². The molecule has 2 amide bonds. The van der Waals surface area contributed by atoms with Gasteiger partial charge in [0.2, 0.25) is 0 Å². The summed E-state index contributed by atoms with van der Waals surface area (Å²) in [5, 5.41) is 21.5. The number of carbonyl (C=O) groups is 3. The number of carboxylic acid groups (broad SMARTS) is 2. The summed E-state index contributed by atoms with van der Waals surface area (Å²) in [5.74, 6) is -1.55. The van der Waals surface area contributed by atoms with E-state index >= 15 is 0 Å². The molecule has 0 aromatic heterocycles. The second kappa shape index (κ2) is 6.82. The third-order valence-electron chi connectivity index (χ3n) is 6.29. The number of carbonyl (C=O) groups excluding carboxylic acids is 1. The van der Waals surface area contributed by atoms with E-state index < -0.39 is 17.4 Å². The minimum Gasteiger partial charge on any atom is -0.481 e. The van der Waals surface area contributed by atoms with Gasteiger partial charge in [-0.05, 0) is 38.1 Å². The number of likely N-dealkylation sites (N-methyl/N-ethyl adjacent to an activating group) is 1. The number of carboxylic acids is 2. The fraction of sp³-hybridized carbons (Fsp3) is 0.824. The molecular formula is C17H27N3O5. The fourth-order valence-corrected chi connectivity index (χ4v) is 4.74. The average Bonchev–Trinajstić information content (AvgIpc) is 3.06. The molecule has 0 unspecified atom stereocenters. The lowest BCUT2D eigenvalue weighted by atomic mass is 9.81. The molecule has 2 atom stereocenters. The van der Waals surface area contributed by atoms with Crippen LogP contribution in [0, 0.1) is 11.3 Å². The number of hydrogen-bond acceptors (Lipinski definition) is 4. The van der Waals surface area contributed by atoms with Crippen molar-refractivity contribution in [2.45, 2.75) is 51.1 Å². The first-order valence-electron chi connectivity index (χ1n) is 9.10. The Morgan fingerprint density at radius 2 is 2.00 bits per heavy atom. The first-order valence-corrected chi connectivity index (χ1v) is 9.10. The molecule has 3 fully saturated rings. The molecule has 0 aromatic rings. The van der Waals surface area contributed by atoms with Crippen LogP contribution in [0.4, 0.5) is 4.79 Å². The van der Waals surface area contributed by atoms with Crippen LogP contribution >= 0.6 is 0 Å². The summed E-state index contributed by atoms with van der Waals surface area (Å²) >= 11 is 0. The van der Waals surface area contributed by atoms with Crippen LogP contribution in [-0.4, -0.2) is 76.2 Å². The normalized spacial score (nSPS) is 33.8. The second-order valence-electron chi connectivity index (χ2n) is 7.66. The van der Waals surface area contributed by atoms with Gasteiger partial charge in [-0.2, -0.15) is 0 Å². The molecule has 0 radical (unpaired) electrons. The number of nitrogens with zero attached hydrogens (tertiary/aromatic N) is 2. The molecule has 3 rings (SSSR count). The maximum absolute atomic E-state index is 12.5. The SMILES string of the molecule is CCN(CC(=O)O)C1CC(NC(=O)N2C[C@@H]3CCC[C@@]3(C(=O)O)C2)C1. The highest BCUT2D eigenvalue weighted by atomic mass is 16.4. The van der Waals surface area contributed by atoms with Gasteiger partial charge in [0.1, 0.15) is 0 Å². The molecule has 1 saturated heterocycles. The van der Waals surface area contributed by atoms with E-state index in [1.165, 1.54) is 0 Å². The fourth-order valence-electron chi connectivity index (χ4n) is 4.74. The Bertz CT molecular complexity index is 562. The average molecular weight is 353 g/mol. The minimum absolute atomic E-state index is 0.0246. The summed E-state index contributed by atoms with van der Waals surface area (Å²) in [6.07, 6.45) is 3.95. The van der Waals surface area contributed by atoms with E-state index in [-0.39, 0.29) is 30.6 Å². The van der Waals surface area contributed by atoms with Crippen LogP contribution < -0.4 is 5.32 Å². The Balaban J connectivity index is 1.49. The van der Waals surface area contributed by atoms with Gasteiger partial charge in [0.15, 0.2) is 0 Å². The predicted octanol–water partition coefficient (Wildman–Crippen LogP) is 0.820. The van der Waals surface area contributed by atoms with Crippen LogP contribution in [-0.2, 0) is 9.59 Å². The zero-order valence-corrected chi connectivity index (χ0v) is 14.6. The van der Waals surface area contributed by atoms with E-state index in [4.69, 9.17) is 5.11 Å². The molecule has 8 heteroatoms. The standard InChI is InChI=1S/C17H27N3O5/c1-2-19(9-14(21)22)13-6-12(7-13)18-16(25)20-8-11-4-3-5-17(11,10-20)15(23)24/h11-13H,2-10H2,1H3,(H,18,25)(H,21,22)(H,23,24)/t11-,12?,13?,17+/m0/s1. The molecule has 1 heterocycles. The maximum Gasteiger partial charge on any atom is 0.317 e. The predicted molar refractivity (Wildman–Crippen MR) is 89.2 cm³/mol. The first-order chi connectivity index (χ1) is 11.9. The Morgan fingerprint density at radius 3 is 2.56 bits per heavy atom.